The van der Waals surface area contributed by atoms with Gasteiger partial charge in [-0.1, -0.05) is 58.4 Å². The Morgan fingerprint density at radius 1 is 1.06 bits per heavy atom. The highest BCUT2D eigenvalue weighted by molar-refractivity contribution is 6.48. The third-order valence-electron chi connectivity index (χ3n) is 3.17. The quantitative estimate of drug-likeness (QED) is 0.253. The molecule has 0 heterocycles. The van der Waals surface area contributed by atoms with Gasteiger partial charge in [0.2, 0.25) is 0 Å². The molecule has 0 aromatic carbocycles. The Morgan fingerprint density at radius 2 is 1.62 bits per heavy atom. The molecule has 16 heavy (non-hydrogen) atoms. The molecular formula is C14H26Cl2. The van der Waals surface area contributed by atoms with E-state index in [1.807, 2.05) is 13.0 Å². The number of alkyl halides is 2. The minimum absolute atomic E-state index is 0.229. The third kappa shape index (κ3) is 6.81. The van der Waals surface area contributed by atoms with Crippen molar-refractivity contribution in [3.05, 3.63) is 12.7 Å². The first-order valence-corrected chi connectivity index (χ1v) is 7.34. The second-order valence-electron chi connectivity index (χ2n) is 4.51. The first-order valence-electron chi connectivity index (χ1n) is 6.58. The van der Waals surface area contributed by atoms with Crippen LogP contribution in [0.15, 0.2) is 12.7 Å². The number of allylic oxidation sites excluding steroid dienone is 1. The molecule has 0 aliphatic rings. The topological polar surface area (TPSA) is 0 Å². The van der Waals surface area contributed by atoms with Gasteiger partial charge in [-0.2, -0.15) is 0 Å². The van der Waals surface area contributed by atoms with Gasteiger partial charge >= 0.3 is 0 Å². The van der Waals surface area contributed by atoms with Crippen molar-refractivity contribution >= 4 is 23.2 Å². The van der Waals surface area contributed by atoms with Crippen molar-refractivity contribution in [3.63, 3.8) is 0 Å². The maximum Gasteiger partial charge on any atom is 0.124 e. The van der Waals surface area contributed by atoms with Gasteiger partial charge in [0.1, 0.15) is 4.33 Å². The predicted molar refractivity (Wildman–Crippen MR) is 76.4 cm³/mol. The maximum absolute atomic E-state index is 6.24. The van der Waals surface area contributed by atoms with Gasteiger partial charge in [0.15, 0.2) is 0 Å². The molecule has 0 fully saturated rings. The Morgan fingerprint density at radius 3 is 2.12 bits per heavy atom. The number of halogens is 2. The van der Waals surface area contributed by atoms with Crippen molar-refractivity contribution in [2.45, 2.75) is 69.5 Å². The molecule has 0 N–H and O–H groups in total. The van der Waals surface area contributed by atoms with Gasteiger partial charge in [0.05, 0.1) is 0 Å². The Kier molecular flexibility index (Phi) is 9.55. The minimum atomic E-state index is -0.620. The van der Waals surface area contributed by atoms with Crippen LogP contribution in [0.25, 0.3) is 0 Å². The normalized spacial score (nSPS) is 13.8. The lowest BCUT2D eigenvalue weighted by Gasteiger charge is -2.26. The molecule has 96 valence electrons. The van der Waals surface area contributed by atoms with Crippen LogP contribution in [0.5, 0.6) is 0 Å². The van der Waals surface area contributed by atoms with Gasteiger partial charge in [-0.05, 0) is 12.8 Å². The zero-order valence-electron chi connectivity index (χ0n) is 10.8. The van der Waals surface area contributed by atoms with E-state index in [9.17, 15) is 0 Å². The summed E-state index contributed by atoms with van der Waals surface area (Å²) in [5.41, 5.74) is 0. The average molecular weight is 265 g/mol. The van der Waals surface area contributed by atoms with Crippen molar-refractivity contribution in [1.82, 2.24) is 0 Å². The molecule has 0 radical (unpaired) electrons. The van der Waals surface area contributed by atoms with Gasteiger partial charge < -0.3 is 0 Å². The van der Waals surface area contributed by atoms with Crippen LogP contribution in [-0.4, -0.2) is 4.33 Å². The molecule has 0 bridgehead atoms. The molecule has 0 spiro atoms. The van der Waals surface area contributed by atoms with E-state index in [0.29, 0.717) is 0 Å². The molecule has 0 aromatic rings. The van der Waals surface area contributed by atoms with E-state index in [1.54, 1.807) is 0 Å². The van der Waals surface area contributed by atoms with E-state index in [4.69, 9.17) is 23.2 Å². The van der Waals surface area contributed by atoms with Gasteiger partial charge in [-0.3, -0.25) is 0 Å². The highest BCUT2D eigenvalue weighted by atomic mass is 35.5. The van der Waals surface area contributed by atoms with Crippen LogP contribution in [-0.2, 0) is 0 Å². The number of unbranched alkanes of at least 4 members (excludes halogenated alkanes) is 5. The molecule has 0 saturated heterocycles. The van der Waals surface area contributed by atoms with Crippen molar-refractivity contribution in [2.24, 2.45) is 5.92 Å². The van der Waals surface area contributed by atoms with Gasteiger partial charge in [-0.25, -0.2) is 0 Å². The molecule has 1 atom stereocenters. The second-order valence-corrected chi connectivity index (χ2v) is 6.06. The Hall–Kier alpha value is 0.320. The lowest BCUT2D eigenvalue weighted by molar-refractivity contribution is 0.469. The molecule has 0 aliphatic heterocycles. The molecule has 0 amide bonds. The SMILES string of the molecule is C=CC(CCCCCCCC)C(Cl)(Cl)CC. The summed E-state index contributed by atoms with van der Waals surface area (Å²) in [5.74, 6) is 0.229. The Labute approximate surface area is 111 Å². The van der Waals surface area contributed by atoms with E-state index in [-0.39, 0.29) is 5.92 Å². The molecule has 0 rings (SSSR count). The smallest absolute Gasteiger partial charge is 0.103 e. The summed E-state index contributed by atoms with van der Waals surface area (Å²) in [5, 5.41) is 0. The van der Waals surface area contributed by atoms with Gasteiger partial charge in [0.25, 0.3) is 0 Å². The van der Waals surface area contributed by atoms with Crippen LogP contribution in [0.3, 0.4) is 0 Å². The van der Waals surface area contributed by atoms with Crippen LogP contribution < -0.4 is 0 Å². The van der Waals surface area contributed by atoms with Crippen LogP contribution in [0.4, 0.5) is 0 Å². The van der Waals surface area contributed by atoms with E-state index in [1.165, 1.54) is 38.5 Å². The Balaban J connectivity index is 3.68. The monoisotopic (exact) mass is 264 g/mol. The zero-order valence-corrected chi connectivity index (χ0v) is 12.3. The molecule has 0 aromatic heterocycles. The number of hydrogen-bond donors (Lipinski definition) is 0. The number of rotatable bonds is 10. The summed E-state index contributed by atoms with van der Waals surface area (Å²) in [6.07, 6.45) is 11.6. The standard InChI is InChI=1S/C14H26Cl2/c1-4-7-8-9-10-11-12-13(5-2)14(15,16)6-3/h5,13H,2,4,6-12H2,1,3H3. The van der Waals surface area contributed by atoms with Crippen LogP contribution >= 0.6 is 23.2 Å². The summed E-state index contributed by atoms with van der Waals surface area (Å²) in [4.78, 5) is 0. The summed E-state index contributed by atoms with van der Waals surface area (Å²) in [7, 11) is 0. The minimum Gasteiger partial charge on any atom is -0.103 e. The van der Waals surface area contributed by atoms with Gasteiger partial charge in [-0.15, -0.1) is 29.8 Å². The lowest BCUT2D eigenvalue weighted by Crippen LogP contribution is -2.22. The van der Waals surface area contributed by atoms with E-state index < -0.39 is 4.33 Å². The average Bonchev–Trinajstić information content (AvgIpc) is 2.28. The summed E-state index contributed by atoms with van der Waals surface area (Å²) < 4.78 is -0.620. The molecule has 1 unspecified atom stereocenters. The fourth-order valence-corrected chi connectivity index (χ4v) is 2.30. The van der Waals surface area contributed by atoms with Gasteiger partial charge in [0, 0.05) is 5.92 Å². The van der Waals surface area contributed by atoms with Crippen molar-refractivity contribution in [2.75, 3.05) is 0 Å². The molecule has 0 nitrogen and oxygen atoms in total. The molecule has 0 saturated carbocycles. The highest BCUT2D eigenvalue weighted by Crippen LogP contribution is 2.37. The lowest BCUT2D eigenvalue weighted by atomic mass is 9.95. The molecular weight excluding hydrogens is 239 g/mol. The zero-order chi connectivity index (χ0) is 12.4. The third-order valence-corrected chi connectivity index (χ3v) is 4.26. The van der Waals surface area contributed by atoms with Crippen molar-refractivity contribution in [1.29, 1.82) is 0 Å². The predicted octanol–water partition coefficient (Wildman–Crippen LogP) is 6.12. The van der Waals surface area contributed by atoms with Crippen LogP contribution in [0.1, 0.15) is 65.2 Å². The highest BCUT2D eigenvalue weighted by Gasteiger charge is 2.29. The largest absolute Gasteiger partial charge is 0.124 e. The van der Waals surface area contributed by atoms with Crippen LogP contribution in [0, 0.1) is 5.92 Å². The summed E-state index contributed by atoms with van der Waals surface area (Å²) >= 11 is 12.5. The van der Waals surface area contributed by atoms with E-state index in [0.717, 1.165) is 12.8 Å². The fraction of sp³-hybridized carbons (Fsp3) is 0.857. The van der Waals surface area contributed by atoms with E-state index >= 15 is 0 Å². The maximum atomic E-state index is 6.24. The molecule has 2 heteroatoms. The first-order chi connectivity index (χ1) is 7.58. The summed E-state index contributed by atoms with van der Waals surface area (Å²) in [6.45, 7) is 8.10. The number of hydrogen-bond acceptors (Lipinski definition) is 0. The molecule has 0 aliphatic carbocycles. The summed E-state index contributed by atoms with van der Waals surface area (Å²) in [6, 6.07) is 0. The van der Waals surface area contributed by atoms with Crippen molar-refractivity contribution < 1.29 is 0 Å². The van der Waals surface area contributed by atoms with Crippen LogP contribution in [0.2, 0.25) is 0 Å². The van der Waals surface area contributed by atoms with Crippen molar-refractivity contribution in [3.8, 4) is 0 Å². The first kappa shape index (κ1) is 16.3. The van der Waals surface area contributed by atoms with E-state index in [2.05, 4.69) is 13.5 Å². The fourth-order valence-electron chi connectivity index (χ4n) is 1.91. The second kappa shape index (κ2) is 9.36. The Bertz CT molecular complexity index is 176.